The number of rotatable bonds is 9. The van der Waals surface area contributed by atoms with Crippen LogP contribution in [-0.2, 0) is 17.7 Å². The molecule has 0 aliphatic carbocycles. The summed E-state index contributed by atoms with van der Waals surface area (Å²) in [5.74, 6) is 1.33. The van der Waals surface area contributed by atoms with Crippen LogP contribution in [0.1, 0.15) is 34.3 Å². The number of piperidine rings is 1. The van der Waals surface area contributed by atoms with E-state index in [1.165, 1.54) is 44.2 Å². The summed E-state index contributed by atoms with van der Waals surface area (Å²) in [4.78, 5) is 16.6. The van der Waals surface area contributed by atoms with E-state index in [1.807, 2.05) is 36.4 Å². The Bertz CT molecular complexity index is 789. The van der Waals surface area contributed by atoms with Gasteiger partial charge in [0.15, 0.2) is 0 Å². The molecule has 2 aromatic carbocycles. The first-order chi connectivity index (χ1) is 14.6. The zero-order chi connectivity index (χ0) is 21.3. The molecule has 1 atom stereocenters. The smallest absolute Gasteiger partial charge is 0.337 e. The molecule has 0 amide bonds. The summed E-state index contributed by atoms with van der Waals surface area (Å²) in [6.07, 6.45) is 3.65. The molecule has 5 nitrogen and oxygen atoms in total. The topological polar surface area (TPSA) is 42.0 Å². The molecule has 0 saturated carbocycles. The molecule has 0 aromatic heterocycles. The fourth-order valence-electron chi connectivity index (χ4n) is 4.26. The van der Waals surface area contributed by atoms with Crippen LogP contribution in [0.3, 0.4) is 0 Å². The Morgan fingerprint density at radius 3 is 2.43 bits per heavy atom. The van der Waals surface area contributed by atoms with Crippen LogP contribution in [0.4, 0.5) is 0 Å². The number of nitrogens with zero attached hydrogens (tertiary/aromatic N) is 2. The molecule has 0 bridgehead atoms. The second-order valence-electron chi connectivity index (χ2n) is 8.29. The van der Waals surface area contributed by atoms with Crippen molar-refractivity contribution in [1.82, 2.24) is 9.80 Å². The van der Waals surface area contributed by atoms with Crippen molar-refractivity contribution >= 4 is 5.97 Å². The average molecular weight is 411 g/mol. The summed E-state index contributed by atoms with van der Waals surface area (Å²) in [6.45, 7) is 5.47. The maximum Gasteiger partial charge on any atom is 0.337 e. The van der Waals surface area contributed by atoms with E-state index in [2.05, 4.69) is 29.0 Å². The lowest BCUT2D eigenvalue weighted by atomic mass is 9.97. The first kappa shape index (κ1) is 22.3. The first-order valence-corrected chi connectivity index (χ1v) is 10.8. The van der Waals surface area contributed by atoms with Crippen molar-refractivity contribution in [1.29, 1.82) is 0 Å². The summed E-state index contributed by atoms with van der Waals surface area (Å²) in [7, 11) is 5.30. The van der Waals surface area contributed by atoms with Gasteiger partial charge in [-0.15, -0.1) is 0 Å². The van der Waals surface area contributed by atoms with Crippen molar-refractivity contribution in [2.45, 2.75) is 25.8 Å². The van der Waals surface area contributed by atoms with Gasteiger partial charge < -0.3 is 19.3 Å². The molecule has 0 radical (unpaired) electrons. The minimum atomic E-state index is -0.285. The number of hydrogen-bond donors (Lipinski definition) is 0. The van der Waals surface area contributed by atoms with Crippen LogP contribution >= 0.6 is 0 Å². The standard InChI is InChI=1S/C25H34N2O3/c1-26(17-21-6-10-23(11-7-21)25(28)30-3)18-22-5-4-15-27(19-22)16-14-20-8-12-24(29-2)13-9-20/h6-13,22H,4-5,14-19H2,1-3H3/t22-/m1/s1. The predicted molar refractivity (Wildman–Crippen MR) is 120 cm³/mol. The van der Waals surface area contributed by atoms with Gasteiger partial charge in [0.05, 0.1) is 19.8 Å². The Kier molecular flexibility index (Phi) is 8.29. The lowest BCUT2D eigenvalue weighted by molar-refractivity contribution is 0.0600. The molecular formula is C25H34N2O3. The third-order valence-corrected chi connectivity index (χ3v) is 5.88. The van der Waals surface area contributed by atoms with Crippen LogP contribution in [0.5, 0.6) is 5.75 Å². The van der Waals surface area contributed by atoms with Crippen LogP contribution in [0.2, 0.25) is 0 Å². The second-order valence-corrected chi connectivity index (χ2v) is 8.29. The van der Waals surface area contributed by atoms with E-state index < -0.39 is 0 Å². The van der Waals surface area contributed by atoms with Crippen LogP contribution in [0, 0.1) is 5.92 Å². The Balaban J connectivity index is 1.43. The number of esters is 1. The van der Waals surface area contributed by atoms with E-state index in [1.54, 1.807) is 7.11 Å². The summed E-state index contributed by atoms with van der Waals surface area (Å²) < 4.78 is 10.0. The number of benzene rings is 2. The Hall–Kier alpha value is -2.37. The van der Waals surface area contributed by atoms with E-state index >= 15 is 0 Å². The number of methoxy groups -OCH3 is 2. The third-order valence-electron chi connectivity index (χ3n) is 5.88. The fraction of sp³-hybridized carbons (Fsp3) is 0.480. The molecule has 5 heteroatoms. The van der Waals surface area contributed by atoms with Gasteiger partial charge in [0.1, 0.15) is 5.75 Å². The molecule has 2 aromatic rings. The summed E-state index contributed by atoms with van der Waals surface area (Å²) in [6, 6.07) is 16.1. The van der Waals surface area contributed by atoms with Gasteiger partial charge in [-0.3, -0.25) is 0 Å². The second kappa shape index (κ2) is 11.1. The number of likely N-dealkylation sites (tertiary alicyclic amines) is 1. The van der Waals surface area contributed by atoms with Crippen molar-refractivity contribution in [2.24, 2.45) is 5.92 Å². The highest BCUT2D eigenvalue weighted by atomic mass is 16.5. The maximum absolute atomic E-state index is 11.6. The van der Waals surface area contributed by atoms with E-state index in [-0.39, 0.29) is 5.97 Å². The quantitative estimate of drug-likeness (QED) is 0.587. The lowest BCUT2D eigenvalue weighted by Crippen LogP contribution is -2.40. The van der Waals surface area contributed by atoms with Gasteiger partial charge in [-0.05, 0) is 74.2 Å². The highest BCUT2D eigenvalue weighted by Crippen LogP contribution is 2.19. The normalized spacial score (nSPS) is 17.1. The highest BCUT2D eigenvalue weighted by molar-refractivity contribution is 5.89. The number of carbonyl (C=O) groups is 1. The molecule has 30 heavy (non-hydrogen) atoms. The molecule has 162 valence electrons. The zero-order valence-electron chi connectivity index (χ0n) is 18.5. The molecule has 1 fully saturated rings. The van der Waals surface area contributed by atoms with E-state index in [0.717, 1.165) is 31.8 Å². The molecule has 0 spiro atoms. The molecule has 1 aliphatic heterocycles. The van der Waals surface area contributed by atoms with Crippen LogP contribution in [-0.4, -0.2) is 63.2 Å². The largest absolute Gasteiger partial charge is 0.497 e. The third kappa shape index (κ3) is 6.57. The molecule has 1 heterocycles. The molecule has 0 unspecified atom stereocenters. The number of hydrogen-bond acceptors (Lipinski definition) is 5. The van der Waals surface area contributed by atoms with Crippen molar-refractivity contribution in [3.63, 3.8) is 0 Å². The summed E-state index contributed by atoms with van der Waals surface area (Å²) in [5.41, 5.74) is 3.19. The van der Waals surface area contributed by atoms with Crippen LogP contribution < -0.4 is 4.74 Å². The molecular weight excluding hydrogens is 376 g/mol. The molecule has 1 aliphatic rings. The Labute approximate surface area is 180 Å². The van der Waals surface area contributed by atoms with E-state index in [4.69, 9.17) is 9.47 Å². The zero-order valence-corrected chi connectivity index (χ0v) is 18.5. The fourth-order valence-corrected chi connectivity index (χ4v) is 4.26. The van der Waals surface area contributed by atoms with Gasteiger partial charge in [0.25, 0.3) is 0 Å². The monoisotopic (exact) mass is 410 g/mol. The van der Waals surface area contributed by atoms with Crippen molar-refractivity contribution in [3.05, 3.63) is 65.2 Å². The summed E-state index contributed by atoms with van der Waals surface area (Å²) >= 11 is 0. The molecule has 3 rings (SSSR count). The van der Waals surface area contributed by atoms with Gasteiger partial charge in [-0.2, -0.15) is 0 Å². The van der Waals surface area contributed by atoms with Crippen molar-refractivity contribution in [2.75, 3.05) is 47.4 Å². The van der Waals surface area contributed by atoms with Gasteiger partial charge in [0.2, 0.25) is 0 Å². The number of carbonyl (C=O) groups excluding carboxylic acids is 1. The van der Waals surface area contributed by atoms with Crippen LogP contribution in [0.25, 0.3) is 0 Å². The molecule has 1 saturated heterocycles. The minimum absolute atomic E-state index is 0.285. The van der Waals surface area contributed by atoms with Gasteiger partial charge in [-0.1, -0.05) is 24.3 Å². The van der Waals surface area contributed by atoms with E-state index in [0.29, 0.717) is 11.5 Å². The van der Waals surface area contributed by atoms with Gasteiger partial charge >= 0.3 is 5.97 Å². The van der Waals surface area contributed by atoms with Gasteiger partial charge in [-0.25, -0.2) is 4.79 Å². The first-order valence-electron chi connectivity index (χ1n) is 10.8. The maximum atomic E-state index is 11.6. The lowest BCUT2D eigenvalue weighted by Gasteiger charge is -2.34. The minimum Gasteiger partial charge on any atom is -0.497 e. The van der Waals surface area contributed by atoms with E-state index in [9.17, 15) is 4.79 Å². The average Bonchev–Trinajstić information content (AvgIpc) is 2.78. The number of ether oxygens (including phenoxy) is 2. The Morgan fingerprint density at radius 1 is 1.07 bits per heavy atom. The summed E-state index contributed by atoms with van der Waals surface area (Å²) in [5, 5.41) is 0. The molecule has 0 N–H and O–H groups in total. The SMILES string of the molecule is COC(=O)c1ccc(CN(C)C[C@H]2CCCN(CCc3ccc(OC)cc3)C2)cc1. The van der Waals surface area contributed by atoms with Crippen molar-refractivity contribution < 1.29 is 14.3 Å². The van der Waals surface area contributed by atoms with Gasteiger partial charge in [0, 0.05) is 26.2 Å². The predicted octanol–water partition coefficient (Wildman–Crippen LogP) is 3.87. The van der Waals surface area contributed by atoms with Crippen LogP contribution in [0.15, 0.2) is 48.5 Å². The Morgan fingerprint density at radius 2 is 1.77 bits per heavy atom. The highest BCUT2D eigenvalue weighted by Gasteiger charge is 2.21. The van der Waals surface area contributed by atoms with Crippen molar-refractivity contribution in [3.8, 4) is 5.75 Å².